The lowest BCUT2D eigenvalue weighted by atomic mass is 9.74. The average Bonchev–Trinajstić information content (AvgIpc) is 3.15. The van der Waals surface area contributed by atoms with E-state index in [0.717, 1.165) is 18.5 Å². The second-order valence-corrected chi connectivity index (χ2v) is 11.2. The van der Waals surface area contributed by atoms with Crippen molar-refractivity contribution < 1.29 is 24.2 Å². The second-order valence-electron chi connectivity index (χ2n) is 11.2. The van der Waals surface area contributed by atoms with Crippen LogP contribution in [0.1, 0.15) is 46.5 Å². The molecule has 0 bridgehead atoms. The van der Waals surface area contributed by atoms with E-state index in [1.165, 1.54) is 0 Å². The summed E-state index contributed by atoms with van der Waals surface area (Å²) in [5.41, 5.74) is -1.51. The highest BCUT2D eigenvalue weighted by Gasteiger charge is 2.74. The first-order valence-corrected chi connectivity index (χ1v) is 13.9. The molecule has 2 fully saturated rings. The predicted octanol–water partition coefficient (Wildman–Crippen LogP) is 2.92. The molecule has 2 saturated heterocycles. The Labute approximate surface area is 224 Å². The zero-order chi connectivity index (χ0) is 27.1. The van der Waals surface area contributed by atoms with Crippen LogP contribution in [-0.4, -0.2) is 82.2 Å². The Morgan fingerprint density at radius 3 is 2.45 bits per heavy atom. The molecule has 1 aromatic rings. The third kappa shape index (κ3) is 4.09. The van der Waals surface area contributed by atoms with Crippen molar-refractivity contribution >= 4 is 23.4 Å². The number of hydrogen-bond acceptors (Lipinski definition) is 5. The fourth-order valence-electron chi connectivity index (χ4n) is 6.98. The number of amides is 3. The minimum atomic E-state index is -1.24. The van der Waals surface area contributed by atoms with Crippen molar-refractivity contribution in [3.63, 3.8) is 0 Å². The summed E-state index contributed by atoms with van der Waals surface area (Å²) in [6, 6.07) is 8.63. The van der Waals surface area contributed by atoms with E-state index in [1.54, 1.807) is 9.80 Å². The zero-order valence-corrected chi connectivity index (χ0v) is 22.6. The number of hydrogen-bond donors (Lipinski definition) is 1. The van der Waals surface area contributed by atoms with Gasteiger partial charge in [-0.2, -0.15) is 0 Å². The Balaban J connectivity index is 1.60. The van der Waals surface area contributed by atoms with E-state index in [2.05, 4.69) is 6.92 Å². The first-order chi connectivity index (χ1) is 18.3. The molecule has 3 amide bonds. The highest BCUT2D eigenvalue weighted by molar-refractivity contribution is 6.04. The van der Waals surface area contributed by atoms with Gasteiger partial charge in [-0.15, -0.1) is 0 Å². The lowest BCUT2D eigenvalue weighted by molar-refractivity contribution is -0.152. The first kappa shape index (κ1) is 26.6. The molecule has 38 heavy (non-hydrogen) atoms. The van der Waals surface area contributed by atoms with E-state index in [1.807, 2.05) is 73.4 Å². The molecule has 0 aliphatic carbocycles. The fourth-order valence-corrected chi connectivity index (χ4v) is 6.98. The van der Waals surface area contributed by atoms with E-state index in [0.29, 0.717) is 32.5 Å². The summed E-state index contributed by atoms with van der Waals surface area (Å²) in [6.45, 7) is 7.17. The van der Waals surface area contributed by atoms with Gasteiger partial charge in [0.15, 0.2) is 0 Å². The van der Waals surface area contributed by atoms with Crippen LogP contribution in [0.5, 0.6) is 0 Å². The van der Waals surface area contributed by atoms with Gasteiger partial charge < -0.3 is 24.5 Å². The number of benzene rings is 1. The molecule has 4 aliphatic rings. The molecule has 5 rings (SSSR count). The van der Waals surface area contributed by atoms with Gasteiger partial charge in [0, 0.05) is 38.0 Å². The number of rotatable bonds is 8. The van der Waals surface area contributed by atoms with Gasteiger partial charge in [-0.1, -0.05) is 55.8 Å². The van der Waals surface area contributed by atoms with Gasteiger partial charge in [0.25, 0.3) is 0 Å². The van der Waals surface area contributed by atoms with Crippen molar-refractivity contribution in [3.8, 4) is 0 Å². The van der Waals surface area contributed by atoms with E-state index >= 15 is 0 Å². The molecule has 2 unspecified atom stereocenters. The van der Waals surface area contributed by atoms with Crippen molar-refractivity contribution in [2.75, 3.05) is 31.1 Å². The Hall–Kier alpha value is -2.97. The molecular formula is C30H39N3O5. The van der Waals surface area contributed by atoms with Crippen molar-refractivity contribution in [1.82, 2.24) is 9.80 Å². The quantitative estimate of drug-likeness (QED) is 0.420. The summed E-state index contributed by atoms with van der Waals surface area (Å²) >= 11 is 0. The van der Waals surface area contributed by atoms with Crippen LogP contribution >= 0.6 is 0 Å². The van der Waals surface area contributed by atoms with Crippen LogP contribution in [0.4, 0.5) is 5.69 Å². The molecule has 8 nitrogen and oxygen atoms in total. The molecule has 1 spiro atoms. The standard InChI is InChI=1S/C30H39N3O5/c1-4-12-21(2)31-18-11-16-30-24(27(36)33(17-8-9-20-34)25(30)28(31)37)23-26(35)32(22-13-6-5-7-14-22)19-10-15-29(23,3)38-30/h5-7,10-11,13-16,21,23-25,34H,4,8-9,12,17-20H2,1-3H3/t21?,23-,24+,25?,29+,30+/m1/s1. The van der Waals surface area contributed by atoms with Gasteiger partial charge in [-0.05, 0) is 45.2 Å². The number of nitrogens with zero attached hydrogens (tertiary/aromatic N) is 3. The minimum absolute atomic E-state index is 0.0123. The molecule has 8 heteroatoms. The maximum atomic E-state index is 14.3. The van der Waals surface area contributed by atoms with Crippen molar-refractivity contribution in [2.45, 2.75) is 69.7 Å². The van der Waals surface area contributed by atoms with Crippen LogP contribution < -0.4 is 4.90 Å². The zero-order valence-electron chi connectivity index (χ0n) is 22.6. The van der Waals surface area contributed by atoms with E-state index in [-0.39, 0.29) is 30.4 Å². The summed E-state index contributed by atoms with van der Waals surface area (Å²) in [5.74, 6) is -2.13. The van der Waals surface area contributed by atoms with Gasteiger partial charge in [0.1, 0.15) is 11.6 Å². The summed E-state index contributed by atoms with van der Waals surface area (Å²) in [6.07, 6.45) is 10.6. The summed E-state index contributed by atoms with van der Waals surface area (Å²) in [4.78, 5) is 48.0. The number of anilines is 1. The first-order valence-electron chi connectivity index (χ1n) is 13.9. The number of unbranched alkanes of at least 4 members (excludes halogenated alkanes) is 1. The number of likely N-dealkylation sites (tertiary alicyclic amines) is 1. The van der Waals surface area contributed by atoms with Crippen molar-refractivity contribution in [1.29, 1.82) is 0 Å². The molecule has 1 aromatic carbocycles. The molecule has 0 saturated carbocycles. The van der Waals surface area contributed by atoms with Crippen LogP contribution in [0, 0.1) is 11.8 Å². The third-order valence-corrected chi connectivity index (χ3v) is 8.70. The molecule has 1 N–H and O–H groups in total. The van der Waals surface area contributed by atoms with E-state index < -0.39 is 29.1 Å². The molecule has 204 valence electrons. The Kier molecular flexibility index (Phi) is 7.22. The summed E-state index contributed by atoms with van der Waals surface area (Å²) in [5, 5.41) is 9.39. The van der Waals surface area contributed by atoms with Crippen LogP contribution in [0.3, 0.4) is 0 Å². The maximum Gasteiger partial charge on any atom is 0.249 e. The maximum absolute atomic E-state index is 14.3. The Bertz CT molecular complexity index is 1140. The van der Waals surface area contributed by atoms with Gasteiger partial charge >= 0.3 is 0 Å². The number of ether oxygens (including phenoxy) is 1. The lowest BCUT2D eigenvalue weighted by Crippen LogP contribution is -2.57. The number of carbonyl (C=O) groups is 3. The van der Waals surface area contributed by atoms with Gasteiger partial charge in [0.2, 0.25) is 17.7 Å². The van der Waals surface area contributed by atoms with Gasteiger partial charge in [0.05, 0.1) is 17.4 Å². The Morgan fingerprint density at radius 1 is 1.00 bits per heavy atom. The average molecular weight is 522 g/mol. The second kappa shape index (κ2) is 10.3. The largest absolute Gasteiger partial charge is 0.396 e. The lowest BCUT2D eigenvalue weighted by Gasteiger charge is -2.38. The number of carbonyl (C=O) groups excluding carboxylic acids is 3. The summed E-state index contributed by atoms with van der Waals surface area (Å²) in [7, 11) is 0. The highest BCUT2D eigenvalue weighted by Crippen LogP contribution is 2.57. The topological polar surface area (TPSA) is 90.4 Å². The van der Waals surface area contributed by atoms with Crippen molar-refractivity contribution in [3.05, 3.63) is 54.6 Å². The monoisotopic (exact) mass is 521 g/mol. The Morgan fingerprint density at radius 2 is 1.74 bits per heavy atom. The molecular weight excluding hydrogens is 482 g/mol. The van der Waals surface area contributed by atoms with Crippen LogP contribution in [0.2, 0.25) is 0 Å². The smallest absolute Gasteiger partial charge is 0.249 e. The number of fused-ring (bicyclic) bond motifs is 2. The molecule has 0 aromatic heterocycles. The van der Waals surface area contributed by atoms with Crippen LogP contribution in [0.15, 0.2) is 54.6 Å². The van der Waals surface area contributed by atoms with Crippen LogP contribution in [-0.2, 0) is 19.1 Å². The molecule has 0 radical (unpaired) electrons. The van der Waals surface area contributed by atoms with Crippen LogP contribution in [0.25, 0.3) is 0 Å². The molecule has 6 atom stereocenters. The van der Waals surface area contributed by atoms with E-state index in [9.17, 15) is 19.5 Å². The predicted molar refractivity (Wildman–Crippen MR) is 144 cm³/mol. The van der Waals surface area contributed by atoms with E-state index in [4.69, 9.17) is 4.74 Å². The third-order valence-electron chi connectivity index (χ3n) is 8.70. The number of aliphatic hydroxyl groups excluding tert-OH is 1. The normalized spacial score (nSPS) is 33.2. The minimum Gasteiger partial charge on any atom is -0.396 e. The fraction of sp³-hybridized carbons (Fsp3) is 0.567. The van der Waals surface area contributed by atoms with Crippen molar-refractivity contribution in [2.24, 2.45) is 11.8 Å². The number of para-hydroxylation sites is 1. The van der Waals surface area contributed by atoms with Gasteiger partial charge in [-0.3, -0.25) is 14.4 Å². The molecule has 4 aliphatic heterocycles. The highest BCUT2D eigenvalue weighted by atomic mass is 16.5. The number of aliphatic hydroxyl groups is 1. The molecule has 4 heterocycles. The SMILES string of the molecule is CCCC(C)N1CC=C[C@]23O[C@@]4(C)C=CCN(c5ccccc5)C(=O)[C@H]4[C@H]2C(=O)N(CCCCO)C3C1=O. The summed E-state index contributed by atoms with van der Waals surface area (Å²) < 4.78 is 6.87. The van der Waals surface area contributed by atoms with Gasteiger partial charge in [-0.25, -0.2) is 0 Å².